The molecule has 4 rings (SSSR count). The number of hydrogen-bond acceptors (Lipinski definition) is 6. The van der Waals surface area contributed by atoms with E-state index in [1.807, 2.05) is 24.3 Å². The first-order valence-corrected chi connectivity index (χ1v) is 8.72. The Morgan fingerprint density at radius 2 is 1.96 bits per heavy atom. The molecule has 2 aliphatic rings. The van der Waals surface area contributed by atoms with Gasteiger partial charge >= 0.3 is 12.2 Å². The Labute approximate surface area is 153 Å². The molecule has 1 fully saturated rings. The molecule has 27 heavy (non-hydrogen) atoms. The van der Waals surface area contributed by atoms with Crippen LogP contribution < -0.4 is 10.2 Å². The fourth-order valence-electron chi connectivity index (χ4n) is 2.82. The van der Waals surface area contributed by atoms with E-state index in [9.17, 15) is 13.2 Å². The van der Waals surface area contributed by atoms with Crippen LogP contribution in [0.15, 0.2) is 46.1 Å². The van der Waals surface area contributed by atoms with Gasteiger partial charge in [0.1, 0.15) is 12.4 Å². The lowest BCUT2D eigenvalue weighted by atomic mass is 9.93. The van der Waals surface area contributed by atoms with Crippen molar-refractivity contribution in [3.63, 3.8) is 0 Å². The van der Waals surface area contributed by atoms with Crippen LogP contribution in [0.1, 0.15) is 24.8 Å². The molecule has 1 aromatic heterocycles. The summed E-state index contributed by atoms with van der Waals surface area (Å²) in [5.41, 5.74) is 1.02. The Bertz CT molecular complexity index is 853. The summed E-state index contributed by atoms with van der Waals surface area (Å²) in [5, 5.41) is 7.41. The van der Waals surface area contributed by atoms with E-state index in [0.29, 0.717) is 11.9 Å². The van der Waals surface area contributed by atoms with Crippen molar-refractivity contribution in [2.24, 2.45) is 4.99 Å². The lowest BCUT2D eigenvalue weighted by Crippen LogP contribution is -2.34. The van der Waals surface area contributed by atoms with Crippen LogP contribution in [0.3, 0.4) is 0 Å². The van der Waals surface area contributed by atoms with E-state index in [1.54, 1.807) is 0 Å². The molecule has 0 saturated heterocycles. The van der Waals surface area contributed by atoms with Gasteiger partial charge < -0.3 is 9.84 Å². The molecule has 0 radical (unpaired) electrons. The monoisotopic (exact) mass is 377 g/mol. The maximum absolute atomic E-state index is 12.6. The Hall–Kier alpha value is -2.68. The quantitative estimate of drug-likeness (QED) is 0.861. The molecule has 0 spiro atoms. The third-order valence-electron chi connectivity index (χ3n) is 4.67. The Morgan fingerprint density at radius 3 is 2.56 bits per heavy atom. The fourth-order valence-corrected chi connectivity index (χ4v) is 2.82. The molecule has 0 bridgehead atoms. The first kappa shape index (κ1) is 17.7. The number of nitrogens with zero attached hydrogens (tertiary/aromatic N) is 4. The minimum atomic E-state index is -4.46. The second-order valence-corrected chi connectivity index (χ2v) is 6.57. The predicted octanol–water partition coefficient (Wildman–Crippen LogP) is 3.67. The van der Waals surface area contributed by atoms with Crippen LogP contribution in [-0.2, 0) is 6.54 Å². The fraction of sp³-hybridized carbons (Fsp3) is 0.389. The summed E-state index contributed by atoms with van der Waals surface area (Å²) >= 11 is 0. The van der Waals surface area contributed by atoms with E-state index in [-0.39, 0.29) is 12.7 Å². The number of aliphatic imine (C=N–C) groups is 1. The maximum Gasteiger partial charge on any atom is 0.433 e. The minimum Gasteiger partial charge on any atom is -0.314 e. The van der Waals surface area contributed by atoms with Gasteiger partial charge in [-0.25, -0.2) is 0 Å². The molecule has 1 N–H and O–H groups in total. The Kier molecular flexibility index (Phi) is 4.69. The van der Waals surface area contributed by atoms with Crippen LogP contribution in [0.4, 0.5) is 19.2 Å². The molecule has 0 unspecified atom stereocenters. The Balaban J connectivity index is 1.39. The number of hydrogen-bond donors (Lipinski definition) is 1. The molecule has 1 aliphatic heterocycles. The second-order valence-electron chi connectivity index (χ2n) is 6.57. The van der Waals surface area contributed by atoms with Crippen LogP contribution in [0.2, 0.25) is 0 Å². The zero-order chi connectivity index (χ0) is 18.9. The predicted molar refractivity (Wildman–Crippen MR) is 94.2 cm³/mol. The van der Waals surface area contributed by atoms with Crippen molar-refractivity contribution < 1.29 is 17.7 Å². The SMILES string of the molecule is FC(F)(F)C1=NCN(c2nc(-c3ccc(CNC4CCC4)cc3)no2)C=C1. The third-order valence-corrected chi connectivity index (χ3v) is 4.67. The van der Waals surface area contributed by atoms with Crippen LogP contribution >= 0.6 is 0 Å². The molecule has 142 valence electrons. The normalized spacial score (nSPS) is 17.7. The summed E-state index contributed by atoms with van der Waals surface area (Å²) in [7, 11) is 0. The number of allylic oxidation sites excluding steroid dienone is 1. The minimum absolute atomic E-state index is 0.0990. The van der Waals surface area contributed by atoms with Crippen molar-refractivity contribution in [1.29, 1.82) is 0 Å². The van der Waals surface area contributed by atoms with Gasteiger partial charge in [0.2, 0.25) is 5.82 Å². The summed E-state index contributed by atoms with van der Waals surface area (Å²) in [4.78, 5) is 9.11. The highest BCUT2D eigenvalue weighted by Crippen LogP contribution is 2.25. The molecular formula is C18H18F3N5O. The van der Waals surface area contributed by atoms with Crippen molar-refractivity contribution in [2.75, 3.05) is 11.6 Å². The number of nitrogens with one attached hydrogen (secondary N) is 1. The number of rotatable bonds is 5. The summed E-state index contributed by atoms with van der Waals surface area (Å²) in [6, 6.07) is 8.52. The van der Waals surface area contributed by atoms with Gasteiger partial charge in [-0.2, -0.15) is 18.2 Å². The highest BCUT2D eigenvalue weighted by molar-refractivity contribution is 6.00. The van der Waals surface area contributed by atoms with Gasteiger partial charge in [-0.15, -0.1) is 0 Å². The van der Waals surface area contributed by atoms with Crippen molar-refractivity contribution in [3.8, 4) is 11.4 Å². The average molecular weight is 377 g/mol. The van der Waals surface area contributed by atoms with Crippen LogP contribution in [0, 0.1) is 0 Å². The van der Waals surface area contributed by atoms with Gasteiger partial charge in [-0.05, 0) is 24.5 Å². The van der Waals surface area contributed by atoms with E-state index in [0.717, 1.165) is 18.2 Å². The third kappa shape index (κ3) is 4.02. The zero-order valence-electron chi connectivity index (χ0n) is 14.4. The smallest absolute Gasteiger partial charge is 0.314 e. The molecule has 1 saturated carbocycles. The Morgan fingerprint density at radius 1 is 1.19 bits per heavy atom. The van der Waals surface area contributed by atoms with Crippen LogP contribution in [0.5, 0.6) is 0 Å². The topological polar surface area (TPSA) is 66.6 Å². The van der Waals surface area contributed by atoms with E-state index in [4.69, 9.17) is 4.52 Å². The summed E-state index contributed by atoms with van der Waals surface area (Å²) < 4.78 is 42.9. The van der Waals surface area contributed by atoms with Crippen molar-refractivity contribution in [2.45, 2.75) is 38.0 Å². The van der Waals surface area contributed by atoms with E-state index in [1.165, 1.54) is 35.9 Å². The summed E-state index contributed by atoms with van der Waals surface area (Å²) in [5.74, 6) is 0.377. The van der Waals surface area contributed by atoms with Crippen molar-refractivity contribution >= 4 is 11.7 Å². The first-order valence-electron chi connectivity index (χ1n) is 8.72. The summed E-state index contributed by atoms with van der Waals surface area (Å²) in [6.45, 7) is 0.597. The molecular weight excluding hydrogens is 359 g/mol. The van der Waals surface area contributed by atoms with Crippen LogP contribution in [-0.4, -0.2) is 34.7 Å². The molecule has 0 atom stereocenters. The number of halogens is 3. The lowest BCUT2D eigenvalue weighted by molar-refractivity contribution is -0.0579. The molecule has 2 heterocycles. The molecule has 1 aromatic carbocycles. The number of benzene rings is 1. The molecule has 2 aromatic rings. The standard InChI is InChI=1S/C18H18F3N5O/c19-18(20,21)15-8-9-26(11-23-15)17-24-16(25-27-17)13-6-4-12(5-7-13)10-22-14-2-1-3-14/h4-9,14,22H,1-3,10-11H2. The van der Waals surface area contributed by atoms with Gasteiger partial charge in [-0.3, -0.25) is 9.89 Å². The van der Waals surface area contributed by atoms with Crippen LogP contribution in [0.25, 0.3) is 11.4 Å². The van der Waals surface area contributed by atoms with Gasteiger partial charge in [0.05, 0.1) is 0 Å². The second kappa shape index (κ2) is 7.15. The van der Waals surface area contributed by atoms with E-state index < -0.39 is 11.9 Å². The van der Waals surface area contributed by atoms with E-state index in [2.05, 4.69) is 20.4 Å². The molecule has 0 amide bonds. The van der Waals surface area contributed by atoms with Crippen molar-refractivity contribution in [3.05, 3.63) is 42.1 Å². The van der Waals surface area contributed by atoms with Gasteiger partial charge in [0.25, 0.3) is 0 Å². The van der Waals surface area contributed by atoms with Gasteiger partial charge in [0, 0.05) is 24.4 Å². The first-order chi connectivity index (χ1) is 13.0. The average Bonchev–Trinajstić information content (AvgIpc) is 3.10. The van der Waals surface area contributed by atoms with Gasteiger partial charge in [-0.1, -0.05) is 35.8 Å². The molecule has 1 aliphatic carbocycles. The largest absolute Gasteiger partial charge is 0.433 e. The summed E-state index contributed by atoms with van der Waals surface area (Å²) in [6.07, 6.45) is 1.44. The zero-order valence-corrected chi connectivity index (χ0v) is 14.4. The number of anilines is 1. The maximum atomic E-state index is 12.6. The highest BCUT2D eigenvalue weighted by Gasteiger charge is 2.35. The highest BCUT2D eigenvalue weighted by atomic mass is 19.4. The number of aromatic nitrogens is 2. The molecule has 6 nitrogen and oxygen atoms in total. The molecule has 9 heteroatoms. The van der Waals surface area contributed by atoms with E-state index >= 15 is 0 Å². The lowest BCUT2D eigenvalue weighted by Gasteiger charge is -2.26. The van der Waals surface area contributed by atoms with Crippen molar-refractivity contribution in [1.82, 2.24) is 15.5 Å². The number of alkyl halides is 3. The van der Waals surface area contributed by atoms with Gasteiger partial charge in [0.15, 0.2) is 0 Å².